The van der Waals surface area contributed by atoms with Gasteiger partial charge in [-0.25, -0.2) is 4.98 Å². The number of hydrogen-bond acceptors (Lipinski definition) is 3. The van der Waals surface area contributed by atoms with Gasteiger partial charge in [-0.2, -0.15) is 0 Å². The fourth-order valence-electron chi connectivity index (χ4n) is 2.54. The monoisotopic (exact) mass is 297 g/mol. The number of nitrogens with zero attached hydrogens (tertiary/aromatic N) is 2. The summed E-state index contributed by atoms with van der Waals surface area (Å²) in [5.74, 6) is 0.746. The highest BCUT2D eigenvalue weighted by Crippen LogP contribution is 2.23. The molecule has 0 fully saturated rings. The van der Waals surface area contributed by atoms with Gasteiger partial charge in [-0.1, -0.05) is 54.6 Å². The molecule has 0 saturated carbocycles. The summed E-state index contributed by atoms with van der Waals surface area (Å²) < 4.78 is 0. The highest BCUT2D eigenvalue weighted by Gasteiger charge is 2.01. The molecule has 0 aliphatic heterocycles. The van der Waals surface area contributed by atoms with Crippen LogP contribution in [0, 0.1) is 0 Å². The van der Waals surface area contributed by atoms with Gasteiger partial charge < -0.3 is 5.32 Å². The van der Waals surface area contributed by atoms with E-state index in [0.717, 1.165) is 22.5 Å². The zero-order chi connectivity index (χ0) is 15.5. The van der Waals surface area contributed by atoms with Gasteiger partial charge in [-0.3, -0.25) is 4.98 Å². The molecule has 0 unspecified atom stereocenters. The van der Waals surface area contributed by atoms with Crippen molar-refractivity contribution in [2.24, 2.45) is 0 Å². The van der Waals surface area contributed by atoms with Crippen molar-refractivity contribution < 1.29 is 0 Å². The molecule has 0 bridgehead atoms. The fourth-order valence-corrected chi connectivity index (χ4v) is 2.54. The molecule has 1 N–H and O–H groups in total. The standard InChI is InChI=1S/C20H15N3/c1-2-6-15(7-3-1)16-10-12-17(13-11-16)22-20-14-21-18-8-4-5-9-19(18)23-20/h1-14H,(H,22,23). The highest BCUT2D eigenvalue weighted by molar-refractivity contribution is 5.76. The van der Waals surface area contributed by atoms with Crippen LogP contribution in [0.3, 0.4) is 0 Å². The molecule has 0 amide bonds. The quantitative estimate of drug-likeness (QED) is 0.575. The predicted molar refractivity (Wildman–Crippen MR) is 94.7 cm³/mol. The Balaban J connectivity index is 1.58. The first-order valence-corrected chi connectivity index (χ1v) is 7.53. The molecule has 110 valence electrons. The maximum atomic E-state index is 4.58. The molecule has 0 atom stereocenters. The second-order valence-electron chi connectivity index (χ2n) is 5.31. The number of aromatic nitrogens is 2. The van der Waals surface area contributed by atoms with Crippen LogP contribution in [0.4, 0.5) is 11.5 Å². The number of fused-ring (bicyclic) bond motifs is 1. The zero-order valence-corrected chi connectivity index (χ0v) is 12.5. The minimum atomic E-state index is 0.746. The van der Waals surface area contributed by atoms with Crippen LogP contribution in [0.1, 0.15) is 0 Å². The summed E-state index contributed by atoms with van der Waals surface area (Å²) in [5.41, 5.74) is 5.19. The van der Waals surface area contributed by atoms with Gasteiger partial charge in [0.1, 0.15) is 5.82 Å². The lowest BCUT2D eigenvalue weighted by Gasteiger charge is -2.07. The number of anilines is 2. The van der Waals surface area contributed by atoms with Crippen LogP contribution in [0.25, 0.3) is 22.2 Å². The summed E-state index contributed by atoms with van der Waals surface area (Å²) >= 11 is 0. The van der Waals surface area contributed by atoms with Gasteiger partial charge in [0, 0.05) is 5.69 Å². The molecule has 3 nitrogen and oxygen atoms in total. The van der Waals surface area contributed by atoms with Gasteiger partial charge in [0.15, 0.2) is 0 Å². The van der Waals surface area contributed by atoms with Crippen LogP contribution in [-0.4, -0.2) is 9.97 Å². The molecule has 3 aromatic carbocycles. The van der Waals surface area contributed by atoms with Gasteiger partial charge >= 0.3 is 0 Å². The van der Waals surface area contributed by atoms with Gasteiger partial charge in [-0.15, -0.1) is 0 Å². The Kier molecular flexibility index (Phi) is 3.45. The van der Waals surface area contributed by atoms with Gasteiger partial charge in [0.2, 0.25) is 0 Å². The van der Waals surface area contributed by atoms with Crippen LogP contribution < -0.4 is 5.32 Å². The Morgan fingerprint density at radius 2 is 1.26 bits per heavy atom. The lowest BCUT2D eigenvalue weighted by atomic mass is 10.1. The topological polar surface area (TPSA) is 37.8 Å². The molecule has 4 rings (SSSR count). The van der Waals surface area contributed by atoms with Gasteiger partial charge in [0.05, 0.1) is 17.2 Å². The predicted octanol–water partition coefficient (Wildman–Crippen LogP) is 5.04. The Morgan fingerprint density at radius 3 is 2.04 bits per heavy atom. The first kappa shape index (κ1) is 13.5. The average Bonchev–Trinajstić information content (AvgIpc) is 2.63. The third-order valence-corrected chi connectivity index (χ3v) is 3.71. The van der Waals surface area contributed by atoms with Crippen molar-refractivity contribution in [3.8, 4) is 11.1 Å². The van der Waals surface area contributed by atoms with E-state index in [-0.39, 0.29) is 0 Å². The summed E-state index contributed by atoms with van der Waals surface area (Å²) in [6.45, 7) is 0. The van der Waals surface area contributed by atoms with E-state index in [1.165, 1.54) is 11.1 Å². The largest absolute Gasteiger partial charge is 0.339 e. The number of para-hydroxylation sites is 2. The van der Waals surface area contributed by atoms with Crippen LogP contribution in [0.15, 0.2) is 85.1 Å². The number of hydrogen-bond donors (Lipinski definition) is 1. The first-order valence-electron chi connectivity index (χ1n) is 7.53. The molecule has 23 heavy (non-hydrogen) atoms. The maximum Gasteiger partial charge on any atom is 0.149 e. The van der Waals surface area contributed by atoms with E-state index in [4.69, 9.17) is 0 Å². The lowest BCUT2D eigenvalue weighted by Crippen LogP contribution is -1.95. The average molecular weight is 297 g/mol. The third kappa shape index (κ3) is 2.90. The molecule has 4 aromatic rings. The molecule has 0 spiro atoms. The summed E-state index contributed by atoms with van der Waals surface area (Å²) in [6.07, 6.45) is 1.76. The van der Waals surface area contributed by atoms with E-state index in [9.17, 15) is 0 Å². The van der Waals surface area contributed by atoms with Crippen molar-refractivity contribution in [1.82, 2.24) is 9.97 Å². The zero-order valence-electron chi connectivity index (χ0n) is 12.5. The Labute approximate surface area is 134 Å². The van der Waals surface area contributed by atoms with Crippen molar-refractivity contribution in [3.63, 3.8) is 0 Å². The van der Waals surface area contributed by atoms with Crippen molar-refractivity contribution in [1.29, 1.82) is 0 Å². The molecular weight excluding hydrogens is 282 g/mol. The third-order valence-electron chi connectivity index (χ3n) is 3.71. The summed E-state index contributed by atoms with van der Waals surface area (Å²) in [5, 5.41) is 3.30. The van der Waals surface area contributed by atoms with Crippen molar-refractivity contribution in [2.75, 3.05) is 5.32 Å². The molecule has 1 heterocycles. The molecule has 0 aliphatic rings. The van der Waals surface area contributed by atoms with Crippen LogP contribution in [0.5, 0.6) is 0 Å². The highest BCUT2D eigenvalue weighted by atomic mass is 15.0. The molecule has 0 radical (unpaired) electrons. The van der Waals surface area contributed by atoms with Crippen LogP contribution in [-0.2, 0) is 0 Å². The minimum absolute atomic E-state index is 0.746. The fraction of sp³-hybridized carbons (Fsp3) is 0. The van der Waals surface area contributed by atoms with E-state index >= 15 is 0 Å². The normalized spacial score (nSPS) is 10.6. The summed E-state index contributed by atoms with van der Waals surface area (Å²) in [4.78, 5) is 8.99. The lowest BCUT2D eigenvalue weighted by molar-refractivity contribution is 1.28. The SMILES string of the molecule is c1ccc(-c2ccc(Nc3cnc4ccccc4n3)cc2)cc1. The maximum absolute atomic E-state index is 4.58. The van der Waals surface area contributed by atoms with Crippen molar-refractivity contribution >= 4 is 22.5 Å². The summed E-state index contributed by atoms with van der Waals surface area (Å²) in [7, 11) is 0. The summed E-state index contributed by atoms with van der Waals surface area (Å²) in [6, 6.07) is 26.5. The Morgan fingerprint density at radius 1 is 0.609 bits per heavy atom. The van der Waals surface area contributed by atoms with E-state index in [1.54, 1.807) is 6.20 Å². The van der Waals surface area contributed by atoms with E-state index in [0.29, 0.717) is 0 Å². The van der Waals surface area contributed by atoms with Crippen LogP contribution in [0.2, 0.25) is 0 Å². The minimum Gasteiger partial charge on any atom is -0.339 e. The van der Waals surface area contributed by atoms with Crippen LogP contribution >= 0.6 is 0 Å². The smallest absolute Gasteiger partial charge is 0.149 e. The second-order valence-corrected chi connectivity index (χ2v) is 5.31. The van der Waals surface area contributed by atoms with Crippen molar-refractivity contribution in [3.05, 3.63) is 85.1 Å². The molecule has 0 aliphatic carbocycles. The van der Waals surface area contributed by atoms with E-state index < -0.39 is 0 Å². The Hall–Kier alpha value is -3.20. The molecule has 0 saturated heterocycles. The van der Waals surface area contributed by atoms with Crippen molar-refractivity contribution in [2.45, 2.75) is 0 Å². The molecule has 3 heteroatoms. The van der Waals surface area contributed by atoms with Gasteiger partial charge in [0.25, 0.3) is 0 Å². The number of rotatable bonds is 3. The second kappa shape index (κ2) is 5.89. The Bertz CT molecular complexity index is 932. The van der Waals surface area contributed by atoms with Gasteiger partial charge in [-0.05, 0) is 35.4 Å². The van der Waals surface area contributed by atoms with E-state index in [2.05, 4.69) is 51.7 Å². The molecule has 1 aromatic heterocycles. The number of nitrogens with one attached hydrogen (secondary N) is 1. The van der Waals surface area contributed by atoms with E-state index in [1.807, 2.05) is 42.5 Å². The first-order chi connectivity index (χ1) is 11.4. The molecular formula is C20H15N3. The number of benzene rings is 3.